The van der Waals surface area contributed by atoms with E-state index in [1.54, 1.807) is 0 Å². The molecule has 0 radical (unpaired) electrons. The highest BCUT2D eigenvalue weighted by atomic mass is 19.4. The second-order valence-corrected chi connectivity index (χ2v) is 9.14. The second kappa shape index (κ2) is 10.7. The van der Waals surface area contributed by atoms with Crippen LogP contribution in [0, 0.1) is 5.92 Å². The van der Waals surface area contributed by atoms with Crippen LogP contribution in [0.5, 0.6) is 0 Å². The first-order chi connectivity index (χ1) is 14.4. The van der Waals surface area contributed by atoms with Gasteiger partial charge < -0.3 is 19.8 Å². The van der Waals surface area contributed by atoms with E-state index in [2.05, 4.69) is 18.7 Å². The smallest absolute Gasteiger partial charge is 0.475 e. The predicted octanol–water partition coefficient (Wildman–Crippen LogP) is 2.75. The summed E-state index contributed by atoms with van der Waals surface area (Å²) in [6, 6.07) is 0. The molecule has 0 bridgehead atoms. The van der Waals surface area contributed by atoms with E-state index in [1.807, 2.05) is 9.80 Å². The van der Waals surface area contributed by atoms with E-state index >= 15 is 0 Å². The number of nitrogens with zero attached hydrogens (tertiary/aromatic N) is 3. The molecule has 178 valence electrons. The number of rotatable bonds is 4. The molecule has 1 unspecified atom stereocenters. The summed E-state index contributed by atoms with van der Waals surface area (Å²) in [5.74, 6) is -1.73. The third-order valence-electron chi connectivity index (χ3n) is 6.31. The summed E-state index contributed by atoms with van der Waals surface area (Å²) in [7, 11) is 0. The van der Waals surface area contributed by atoms with Gasteiger partial charge in [0.25, 0.3) is 0 Å². The van der Waals surface area contributed by atoms with Crippen LogP contribution in [-0.4, -0.2) is 88.6 Å². The highest BCUT2D eigenvalue weighted by molar-refractivity contribution is 5.87. The van der Waals surface area contributed by atoms with Crippen molar-refractivity contribution >= 4 is 17.8 Å². The van der Waals surface area contributed by atoms with Crippen molar-refractivity contribution in [1.82, 2.24) is 14.7 Å². The fourth-order valence-corrected chi connectivity index (χ4v) is 4.79. The molecule has 10 heteroatoms. The van der Waals surface area contributed by atoms with Gasteiger partial charge in [-0.3, -0.25) is 9.59 Å². The number of hydrogen-bond donors (Lipinski definition) is 1. The Balaban J connectivity index is 0.000000423. The third kappa shape index (κ3) is 7.08. The molecule has 0 aromatic carbocycles. The van der Waals surface area contributed by atoms with Crippen molar-refractivity contribution in [2.45, 2.75) is 70.5 Å². The van der Waals surface area contributed by atoms with Crippen LogP contribution in [0.15, 0.2) is 0 Å². The van der Waals surface area contributed by atoms with E-state index in [-0.39, 0.29) is 17.4 Å². The van der Waals surface area contributed by atoms with E-state index in [0.717, 1.165) is 71.2 Å². The molecular formula is C21H34F3N3O4. The fraction of sp³-hybridized carbons (Fsp3) is 0.857. The first kappa shape index (κ1) is 25.4. The van der Waals surface area contributed by atoms with Crippen LogP contribution >= 0.6 is 0 Å². The van der Waals surface area contributed by atoms with E-state index < -0.39 is 12.1 Å². The topological polar surface area (TPSA) is 81.2 Å². The van der Waals surface area contributed by atoms with Gasteiger partial charge in [0.1, 0.15) is 6.54 Å². The summed E-state index contributed by atoms with van der Waals surface area (Å²) < 4.78 is 31.7. The van der Waals surface area contributed by atoms with E-state index in [1.165, 1.54) is 0 Å². The Hall–Kier alpha value is -1.84. The molecule has 1 N–H and O–H groups in total. The molecule has 2 amide bonds. The van der Waals surface area contributed by atoms with Gasteiger partial charge in [0, 0.05) is 38.1 Å². The molecular weight excluding hydrogens is 415 g/mol. The van der Waals surface area contributed by atoms with Gasteiger partial charge in [0.05, 0.1) is 0 Å². The lowest BCUT2D eigenvalue weighted by atomic mass is 9.87. The quantitative estimate of drug-likeness (QED) is 0.714. The molecule has 0 aromatic heterocycles. The van der Waals surface area contributed by atoms with E-state index in [0.29, 0.717) is 18.9 Å². The third-order valence-corrected chi connectivity index (χ3v) is 6.31. The Morgan fingerprint density at radius 2 is 1.65 bits per heavy atom. The van der Waals surface area contributed by atoms with Crippen LogP contribution in [0.4, 0.5) is 13.2 Å². The molecule has 0 aromatic rings. The summed E-state index contributed by atoms with van der Waals surface area (Å²) in [4.78, 5) is 40.5. The minimum atomic E-state index is -5.08. The fourth-order valence-electron chi connectivity index (χ4n) is 4.79. The summed E-state index contributed by atoms with van der Waals surface area (Å²) >= 11 is 0. The summed E-state index contributed by atoms with van der Waals surface area (Å²) in [6.45, 7) is 9.90. The number of carboxylic acids is 1. The van der Waals surface area contributed by atoms with E-state index in [4.69, 9.17) is 9.90 Å². The Labute approximate surface area is 181 Å². The zero-order valence-corrected chi connectivity index (χ0v) is 18.4. The second-order valence-electron chi connectivity index (χ2n) is 9.14. The van der Waals surface area contributed by atoms with Crippen molar-refractivity contribution in [3.8, 4) is 0 Å². The maximum Gasteiger partial charge on any atom is 0.490 e. The van der Waals surface area contributed by atoms with Crippen LogP contribution in [0.2, 0.25) is 0 Å². The van der Waals surface area contributed by atoms with Crippen LogP contribution in [0.3, 0.4) is 0 Å². The number of alkyl halides is 3. The Morgan fingerprint density at radius 1 is 1.03 bits per heavy atom. The standard InChI is InChI=1S/C19H33N3O2.C2HF3O2/c1-16(2)14-20-10-5-7-19(9-13-20)8-6-17(23)22(19)15-18(24)21-11-3-4-12-21;3-2(4,5)1(6)7/h16H,3-15H2,1-2H3;(H,6,7). The molecule has 1 atom stereocenters. The zero-order chi connectivity index (χ0) is 23.2. The predicted molar refractivity (Wildman–Crippen MR) is 108 cm³/mol. The molecule has 0 saturated carbocycles. The van der Waals surface area contributed by atoms with Gasteiger partial charge in [-0.2, -0.15) is 13.2 Å². The normalized spacial score (nSPS) is 25.0. The van der Waals surface area contributed by atoms with Gasteiger partial charge in [-0.15, -0.1) is 0 Å². The maximum atomic E-state index is 12.6. The van der Waals surface area contributed by atoms with Crippen LogP contribution in [0.1, 0.15) is 58.8 Å². The molecule has 3 aliphatic heterocycles. The number of hydrogen-bond acceptors (Lipinski definition) is 4. The minimum Gasteiger partial charge on any atom is -0.475 e. The lowest BCUT2D eigenvalue weighted by Gasteiger charge is -2.38. The molecule has 3 aliphatic rings. The van der Waals surface area contributed by atoms with Gasteiger partial charge in [-0.05, 0) is 51.0 Å². The first-order valence-corrected chi connectivity index (χ1v) is 11.1. The van der Waals surface area contributed by atoms with Crippen molar-refractivity contribution < 1.29 is 32.7 Å². The largest absolute Gasteiger partial charge is 0.490 e. The average Bonchev–Trinajstić information content (AvgIpc) is 3.25. The molecule has 0 aliphatic carbocycles. The Kier molecular flexibility index (Phi) is 8.73. The summed E-state index contributed by atoms with van der Waals surface area (Å²) in [6.07, 6.45) is 1.91. The van der Waals surface area contributed by atoms with Crippen molar-refractivity contribution in [3.63, 3.8) is 0 Å². The average molecular weight is 450 g/mol. The first-order valence-electron chi connectivity index (χ1n) is 11.1. The van der Waals surface area contributed by atoms with Gasteiger partial charge >= 0.3 is 12.1 Å². The van der Waals surface area contributed by atoms with Crippen LogP contribution < -0.4 is 0 Å². The highest BCUT2D eigenvalue weighted by Crippen LogP contribution is 2.39. The Morgan fingerprint density at radius 3 is 2.19 bits per heavy atom. The number of likely N-dealkylation sites (tertiary alicyclic amines) is 3. The van der Waals surface area contributed by atoms with Crippen molar-refractivity contribution in [1.29, 1.82) is 0 Å². The number of carbonyl (C=O) groups is 3. The molecule has 3 rings (SSSR count). The highest BCUT2D eigenvalue weighted by Gasteiger charge is 2.46. The van der Waals surface area contributed by atoms with Crippen molar-refractivity contribution in [3.05, 3.63) is 0 Å². The molecule has 3 heterocycles. The monoisotopic (exact) mass is 449 g/mol. The van der Waals surface area contributed by atoms with Gasteiger partial charge in [0.15, 0.2) is 0 Å². The number of halogens is 3. The lowest BCUT2D eigenvalue weighted by Crippen LogP contribution is -2.51. The summed E-state index contributed by atoms with van der Waals surface area (Å²) in [5, 5.41) is 7.12. The summed E-state index contributed by atoms with van der Waals surface area (Å²) in [5.41, 5.74) is -0.0573. The van der Waals surface area contributed by atoms with Gasteiger partial charge in [-0.25, -0.2) is 4.79 Å². The van der Waals surface area contributed by atoms with Crippen LogP contribution in [0.25, 0.3) is 0 Å². The molecule has 1 spiro atoms. The number of aliphatic carboxylic acids is 1. The number of carboxylic acid groups (broad SMARTS) is 1. The molecule has 31 heavy (non-hydrogen) atoms. The molecule has 3 saturated heterocycles. The van der Waals surface area contributed by atoms with Crippen molar-refractivity contribution in [2.75, 3.05) is 39.3 Å². The zero-order valence-electron chi connectivity index (χ0n) is 18.4. The number of amides is 2. The maximum absolute atomic E-state index is 12.6. The molecule has 7 nitrogen and oxygen atoms in total. The Bertz CT molecular complexity index is 650. The van der Waals surface area contributed by atoms with Gasteiger partial charge in [-0.1, -0.05) is 13.8 Å². The lowest BCUT2D eigenvalue weighted by molar-refractivity contribution is -0.192. The van der Waals surface area contributed by atoms with E-state index in [9.17, 15) is 22.8 Å². The van der Waals surface area contributed by atoms with Gasteiger partial charge in [0.2, 0.25) is 11.8 Å². The van der Waals surface area contributed by atoms with Crippen LogP contribution in [-0.2, 0) is 14.4 Å². The number of carbonyl (C=O) groups excluding carboxylic acids is 2. The minimum absolute atomic E-state index is 0.0573. The van der Waals surface area contributed by atoms with Crippen molar-refractivity contribution in [2.24, 2.45) is 5.92 Å². The molecule has 3 fully saturated rings. The SMILES string of the molecule is CC(C)CN1CCCC2(CCC(=O)N2CC(=O)N2CCCC2)CC1.O=C(O)C(F)(F)F.